The number of hydrogen-bond donors (Lipinski definition) is 0. The van der Waals surface area contributed by atoms with Gasteiger partial charge in [-0.05, 0) is 97.8 Å². The normalized spacial score (nSPS) is 13.8. The van der Waals surface area contributed by atoms with Crippen molar-refractivity contribution in [2.24, 2.45) is 0 Å². The van der Waals surface area contributed by atoms with Crippen molar-refractivity contribution in [2.75, 3.05) is 4.90 Å². The second-order valence-electron chi connectivity index (χ2n) is 10.4. The molecule has 0 unspecified atom stereocenters. The van der Waals surface area contributed by atoms with E-state index in [0.29, 0.717) is 34.2 Å². The van der Waals surface area contributed by atoms with Gasteiger partial charge in [-0.15, -0.1) is 0 Å². The van der Waals surface area contributed by atoms with Crippen molar-refractivity contribution < 1.29 is 9.47 Å². The number of nitriles is 4. The minimum absolute atomic E-state index is 0.0363. The first kappa shape index (κ1) is 31.4. The maximum absolute atomic E-state index is 9.25. The van der Waals surface area contributed by atoms with E-state index >= 15 is 0 Å². The first-order valence-corrected chi connectivity index (χ1v) is 14.6. The number of benzene rings is 3. The van der Waals surface area contributed by atoms with Crippen molar-refractivity contribution in [2.45, 2.75) is 13.8 Å². The Morgan fingerprint density at radius 1 is 0.511 bits per heavy atom. The van der Waals surface area contributed by atoms with Gasteiger partial charge in [0.05, 0.1) is 0 Å². The third-order valence-corrected chi connectivity index (χ3v) is 7.09. The van der Waals surface area contributed by atoms with Crippen LogP contribution in [0.1, 0.15) is 25.0 Å². The summed E-state index contributed by atoms with van der Waals surface area (Å²) in [5.41, 5.74) is 5.95. The van der Waals surface area contributed by atoms with Crippen LogP contribution in [0.25, 0.3) is 12.2 Å². The molecule has 0 aliphatic carbocycles. The summed E-state index contributed by atoms with van der Waals surface area (Å²) < 4.78 is 11.6. The third kappa shape index (κ3) is 7.72. The first-order chi connectivity index (χ1) is 22.9. The van der Waals surface area contributed by atoms with Crippen LogP contribution in [0.5, 0.6) is 0 Å². The Morgan fingerprint density at radius 3 is 1.28 bits per heavy atom. The lowest BCUT2D eigenvalue weighted by Crippen LogP contribution is -2.09. The highest BCUT2D eigenvalue weighted by Crippen LogP contribution is 2.35. The Bertz CT molecular complexity index is 1950. The highest BCUT2D eigenvalue weighted by Gasteiger charge is 2.14. The fourth-order valence-electron chi connectivity index (χ4n) is 4.93. The Kier molecular flexibility index (Phi) is 9.75. The van der Waals surface area contributed by atoms with Gasteiger partial charge < -0.3 is 14.4 Å². The van der Waals surface area contributed by atoms with Crippen LogP contribution in [0.15, 0.2) is 161 Å². The first-order valence-electron chi connectivity index (χ1n) is 14.6. The Labute approximate surface area is 274 Å². The van der Waals surface area contributed by atoms with Crippen LogP contribution >= 0.6 is 0 Å². The molecule has 2 aliphatic heterocycles. The maximum Gasteiger partial charge on any atom is 0.137 e. The van der Waals surface area contributed by atoms with E-state index in [-0.39, 0.29) is 11.1 Å². The van der Waals surface area contributed by atoms with E-state index in [9.17, 15) is 21.0 Å². The molecule has 7 nitrogen and oxygen atoms in total. The number of rotatable bonds is 7. The summed E-state index contributed by atoms with van der Waals surface area (Å²) in [7, 11) is 0. The van der Waals surface area contributed by atoms with Crippen molar-refractivity contribution in [1.82, 2.24) is 0 Å². The molecule has 0 N–H and O–H groups in total. The third-order valence-electron chi connectivity index (χ3n) is 7.09. The molecule has 0 spiro atoms. The number of anilines is 3. The molecule has 0 fully saturated rings. The SMILES string of the molecule is CC1=CC(=C(C#N)C#N)C=C(/C=C/c2ccc(N(c3ccccc3)c3ccc(/C=C/C4=CC(=C(C#N)C#N)C=C(C)O4)cc3)cc2)O1. The monoisotopic (exact) mass is 609 g/mol. The molecule has 7 heteroatoms. The lowest BCUT2D eigenvalue weighted by molar-refractivity contribution is 0.318. The van der Waals surface area contributed by atoms with Gasteiger partial charge in [-0.1, -0.05) is 54.6 Å². The van der Waals surface area contributed by atoms with Gasteiger partial charge in [-0.2, -0.15) is 21.0 Å². The van der Waals surface area contributed by atoms with Crippen LogP contribution in [0.4, 0.5) is 17.1 Å². The standard InChI is InChI=1S/C40H27N5O2/c1-28-20-32(34(24-41)25-42)22-39(46-28)18-12-30-8-14-37(15-9-30)45(36-6-4-3-5-7-36)38-16-10-31(11-17-38)13-19-40-23-33(21-29(2)47-40)35(26-43)27-44/h3-23H,1-2H3/b18-12+,19-13+. The minimum Gasteiger partial charge on any atom is -0.462 e. The number of allylic oxidation sites excluding steroid dienone is 12. The number of nitrogens with zero attached hydrogens (tertiary/aromatic N) is 5. The molecule has 2 heterocycles. The fraction of sp³-hybridized carbons (Fsp3) is 0.0500. The Hall–Kier alpha value is -7.06. The average molecular weight is 610 g/mol. The molecule has 0 saturated heterocycles. The van der Waals surface area contributed by atoms with Gasteiger partial charge in [0, 0.05) is 28.2 Å². The minimum atomic E-state index is 0.0363. The molecule has 0 aromatic heterocycles. The van der Waals surface area contributed by atoms with E-state index < -0.39 is 0 Å². The summed E-state index contributed by atoms with van der Waals surface area (Å²) in [6.07, 6.45) is 14.2. The molecule has 0 bridgehead atoms. The van der Waals surface area contributed by atoms with Crippen molar-refractivity contribution in [3.05, 3.63) is 172 Å². The molecule has 0 atom stereocenters. The summed E-state index contributed by atoms with van der Waals surface area (Å²) in [4.78, 5) is 2.16. The van der Waals surface area contributed by atoms with Gasteiger partial charge in [-0.3, -0.25) is 0 Å². The van der Waals surface area contributed by atoms with Crippen LogP contribution in [0.3, 0.4) is 0 Å². The summed E-state index contributed by atoms with van der Waals surface area (Å²) >= 11 is 0. The second-order valence-corrected chi connectivity index (χ2v) is 10.4. The average Bonchev–Trinajstić information content (AvgIpc) is 3.09. The number of ether oxygens (including phenoxy) is 2. The lowest BCUT2D eigenvalue weighted by atomic mass is 10.1. The van der Waals surface area contributed by atoms with E-state index in [1.54, 1.807) is 38.2 Å². The van der Waals surface area contributed by atoms with Crippen LogP contribution in [-0.4, -0.2) is 0 Å². The van der Waals surface area contributed by atoms with Gasteiger partial charge in [0.1, 0.15) is 58.5 Å². The predicted octanol–water partition coefficient (Wildman–Crippen LogP) is 9.51. The predicted molar refractivity (Wildman–Crippen MR) is 182 cm³/mol. The molecule has 5 rings (SSSR count). The van der Waals surface area contributed by atoms with Crippen LogP contribution in [0.2, 0.25) is 0 Å². The van der Waals surface area contributed by atoms with Gasteiger partial charge in [0.2, 0.25) is 0 Å². The molecular formula is C40H27N5O2. The van der Waals surface area contributed by atoms with E-state index in [4.69, 9.17) is 9.47 Å². The molecule has 0 saturated carbocycles. The maximum atomic E-state index is 9.25. The van der Waals surface area contributed by atoms with Gasteiger partial charge in [-0.25, -0.2) is 0 Å². The van der Waals surface area contributed by atoms with Gasteiger partial charge in [0.25, 0.3) is 0 Å². The lowest BCUT2D eigenvalue weighted by Gasteiger charge is -2.25. The van der Waals surface area contributed by atoms with E-state index in [1.165, 1.54) is 0 Å². The molecular weight excluding hydrogens is 582 g/mol. The Balaban J connectivity index is 1.38. The zero-order valence-corrected chi connectivity index (χ0v) is 25.7. The largest absolute Gasteiger partial charge is 0.462 e. The van der Waals surface area contributed by atoms with Crippen LogP contribution < -0.4 is 4.90 Å². The summed E-state index contributed by atoms with van der Waals surface area (Å²) in [6.45, 7) is 3.56. The molecule has 3 aromatic rings. The van der Waals surface area contributed by atoms with Crippen LogP contribution in [0, 0.1) is 45.3 Å². The molecule has 3 aromatic carbocycles. The zero-order chi connectivity index (χ0) is 33.2. The summed E-state index contributed by atoms with van der Waals surface area (Å²) in [6, 6.07) is 34.0. The van der Waals surface area contributed by atoms with Crippen LogP contribution in [-0.2, 0) is 9.47 Å². The molecule has 47 heavy (non-hydrogen) atoms. The van der Waals surface area contributed by atoms with Crippen molar-refractivity contribution in [1.29, 1.82) is 21.0 Å². The van der Waals surface area contributed by atoms with Crippen molar-refractivity contribution >= 4 is 29.2 Å². The topological polar surface area (TPSA) is 117 Å². The molecule has 224 valence electrons. The highest BCUT2D eigenvalue weighted by atomic mass is 16.5. The fourth-order valence-corrected chi connectivity index (χ4v) is 4.93. The molecule has 0 radical (unpaired) electrons. The second kappa shape index (κ2) is 14.6. The van der Waals surface area contributed by atoms with E-state index in [1.807, 2.05) is 115 Å². The quantitative estimate of drug-likeness (QED) is 0.245. The van der Waals surface area contributed by atoms with Crippen molar-refractivity contribution in [3.8, 4) is 24.3 Å². The molecule has 0 amide bonds. The van der Waals surface area contributed by atoms with E-state index in [0.717, 1.165) is 28.2 Å². The Morgan fingerprint density at radius 2 is 0.894 bits per heavy atom. The summed E-state index contributed by atoms with van der Waals surface area (Å²) in [5.74, 6) is 2.28. The smallest absolute Gasteiger partial charge is 0.137 e. The van der Waals surface area contributed by atoms with Gasteiger partial charge in [0.15, 0.2) is 0 Å². The van der Waals surface area contributed by atoms with Gasteiger partial charge >= 0.3 is 0 Å². The zero-order valence-electron chi connectivity index (χ0n) is 25.7. The number of para-hydroxylation sites is 1. The highest BCUT2D eigenvalue weighted by molar-refractivity contribution is 5.77. The summed E-state index contributed by atoms with van der Waals surface area (Å²) in [5, 5.41) is 37.0. The van der Waals surface area contributed by atoms with E-state index in [2.05, 4.69) is 17.0 Å². The van der Waals surface area contributed by atoms with Crippen molar-refractivity contribution in [3.63, 3.8) is 0 Å². The number of hydrogen-bond acceptors (Lipinski definition) is 7. The molecule has 2 aliphatic rings.